The van der Waals surface area contributed by atoms with Crippen molar-refractivity contribution in [2.24, 2.45) is 5.73 Å². The molecular weight excluding hydrogens is 222 g/mol. The van der Waals surface area contributed by atoms with Crippen molar-refractivity contribution in [2.45, 2.75) is 57.7 Å². The number of benzene rings is 1. The van der Waals surface area contributed by atoms with E-state index in [1.807, 2.05) is 0 Å². The molecule has 0 aromatic heterocycles. The van der Waals surface area contributed by atoms with Crippen molar-refractivity contribution in [1.29, 1.82) is 0 Å². The first kappa shape index (κ1) is 13.6. The summed E-state index contributed by atoms with van der Waals surface area (Å²) in [4.78, 5) is 0. The Bertz CT molecular complexity index is 400. The van der Waals surface area contributed by atoms with Gasteiger partial charge in [-0.3, -0.25) is 0 Å². The van der Waals surface area contributed by atoms with E-state index in [1.165, 1.54) is 11.1 Å². The third-order valence-electron chi connectivity index (χ3n) is 4.01. The van der Waals surface area contributed by atoms with Crippen LogP contribution in [0.1, 0.15) is 50.2 Å². The highest BCUT2D eigenvalue weighted by atomic mass is 16.5. The van der Waals surface area contributed by atoms with Crippen molar-refractivity contribution < 1.29 is 4.74 Å². The second-order valence-electron chi connectivity index (χ2n) is 6.06. The van der Waals surface area contributed by atoms with Gasteiger partial charge in [-0.1, -0.05) is 24.3 Å². The van der Waals surface area contributed by atoms with Crippen LogP contribution in [0.2, 0.25) is 0 Å². The second-order valence-corrected chi connectivity index (χ2v) is 6.06. The molecule has 0 amide bonds. The van der Waals surface area contributed by atoms with Crippen LogP contribution in [0.15, 0.2) is 24.3 Å². The fourth-order valence-electron chi connectivity index (χ4n) is 2.96. The maximum absolute atomic E-state index is 6.09. The van der Waals surface area contributed by atoms with Crippen molar-refractivity contribution in [3.63, 3.8) is 0 Å². The van der Waals surface area contributed by atoms with Crippen molar-refractivity contribution in [2.75, 3.05) is 6.54 Å². The Balaban J connectivity index is 2.05. The van der Waals surface area contributed by atoms with E-state index in [0.717, 1.165) is 19.3 Å². The van der Waals surface area contributed by atoms with Crippen LogP contribution in [0.4, 0.5) is 0 Å². The van der Waals surface area contributed by atoms with Gasteiger partial charge >= 0.3 is 0 Å². The van der Waals surface area contributed by atoms with Crippen LogP contribution >= 0.6 is 0 Å². The molecule has 2 heteroatoms. The Hall–Kier alpha value is -0.860. The normalized spacial score (nSPS) is 24.1. The van der Waals surface area contributed by atoms with E-state index in [1.54, 1.807) is 0 Å². The van der Waals surface area contributed by atoms with E-state index in [-0.39, 0.29) is 5.60 Å². The molecule has 0 radical (unpaired) electrons. The molecule has 2 unspecified atom stereocenters. The standard InChI is InChI=1S/C16H25NO/c1-12-6-4-5-7-15(12)13(11-17)10-14-8-9-16(2,3)18-14/h4-7,13-14H,8-11,17H2,1-3H3. The van der Waals surface area contributed by atoms with Crippen molar-refractivity contribution in [1.82, 2.24) is 0 Å². The highest BCUT2D eigenvalue weighted by Gasteiger charge is 2.33. The summed E-state index contributed by atoms with van der Waals surface area (Å²) >= 11 is 0. The van der Waals surface area contributed by atoms with Crippen LogP contribution in [0.25, 0.3) is 0 Å². The lowest BCUT2D eigenvalue weighted by Crippen LogP contribution is -2.23. The van der Waals surface area contributed by atoms with Crippen LogP contribution in [-0.2, 0) is 4.74 Å². The second kappa shape index (κ2) is 5.41. The smallest absolute Gasteiger partial charge is 0.0631 e. The van der Waals surface area contributed by atoms with Crippen LogP contribution in [-0.4, -0.2) is 18.2 Å². The summed E-state index contributed by atoms with van der Waals surface area (Å²) in [5, 5.41) is 0. The van der Waals surface area contributed by atoms with Gasteiger partial charge in [0.1, 0.15) is 0 Å². The van der Waals surface area contributed by atoms with Gasteiger partial charge in [-0.25, -0.2) is 0 Å². The van der Waals surface area contributed by atoms with Crippen molar-refractivity contribution in [3.05, 3.63) is 35.4 Å². The first-order valence-electron chi connectivity index (χ1n) is 6.95. The fraction of sp³-hybridized carbons (Fsp3) is 0.625. The largest absolute Gasteiger partial charge is 0.372 e. The van der Waals surface area contributed by atoms with E-state index in [0.29, 0.717) is 18.6 Å². The zero-order chi connectivity index (χ0) is 13.2. The molecule has 2 atom stereocenters. The molecule has 1 aliphatic heterocycles. The lowest BCUT2D eigenvalue weighted by molar-refractivity contribution is -0.0206. The number of aryl methyl sites for hydroxylation is 1. The quantitative estimate of drug-likeness (QED) is 0.885. The minimum absolute atomic E-state index is 0.0511. The summed E-state index contributed by atoms with van der Waals surface area (Å²) in [6, 6.07) is 8.55. The summed E-state index contributed by atoms with van der Waals surface area (Å²) in [5.74, 6) is 0.421. The molecule has 1 aliphatic rings. The van der Waals surface area contributed by atoms with Crippen LogP contribution in [0, 0.1) is 6.92 Å². The van der Waals surface area contributed by atoms with Gasteiger partial charge in [0.15, 0.2) is 0 Å². The SMILES string of the molecule is Cc1ccccc1C(CN)CC1CCC(C)(C)O1. The highest BCUT2D eigenvalue weighted by molar-refractivity contribution is 5.29. The molecule has 1 aromatic rings. The molecule has 2 N–H and O–H groups in total. The minimum Gasteiger partial charge on any atom is -0.372 e. The molecule has 1 aromatic carbocycles. The van der Waals surface area contributed by atoms with Gasteiger partial charge in [-0.15, -0.1) is 0 Å². The lowest BCUT2D eigenvalue weighted by Gasteiger charge is -2.24. The number of ether oxygens (including phenoxy) is 1. The topological polar surface area (TPSA) is 35.2 Å². The molecule has 1 saturated heterocycles. The summed E-state index contributed by atoms with van der Waals surface area (Å²) in [6.07, 6.45) is 3.73. The summed E-state index contributed by atoms with van der Waals surface area (Å²) in [7, 11) is 0. The van der Waals surface area contributed by atoms with Crippen molar-refractivity contribution >= 4 is 0 Å². The van der Waals surface area contributed by atoms with E-state index >= 15 is 0 Å². The van der Waals surface area contributed by atoms with Gasteiger partial charge in [0.05, 0.1) is 11.7 Å². The Morgan fingerprint density at radius 3 is 2.67 bits per heavy atom. The monoisotopic (exact) mass is 247 g/mol. The Labute approximate surface area is 111 Å². The molecule has 0 saturated carbocycles. The molecule has 2 rings (SSSR count). The lowest BCUT2D eigenvalue weighted by atomic mass is 9.89. The predicted molar refractivity (Wildman–Crippen MR) is 75.8 cm³/mol. The van der Waals surface area contributed by atoms with E-state index in [4.69, 9.17) is 10.5 Å². The molecule has 100 valence electrons. The molecule has 18 heavy (non-hydrogen) atoms. The number of hydrogen-bond donors (Lipinski definition) is 1. The number of rotatable bonds is 4. The first-order chi connectivity index (χ1) is 8.52. The van der Waals surface area contributed by atoms with Gasteiger partial charge in [-0.2, -0.15) is 0 Å². The number of hydrogen-bond acceptors (Lipinski definition) is 2. The molecule has 1 fully saturated rings. The van der Waals surface area contributed by atoms with Gasteiger partial charge in [0.25, 0.3) is 0 Å². The maximum atomic E-state index is 6.09. The highest BCUT2D eigenvalue weighted by Crippen LogP contribution is 2.35. The third-order valence-corrected chi connectivity index (χ3v) is 4.01. The first-order valence-corrected chi connectivity index (χ1v) is 6.95. The summed E-state index contributed by atoms with van der Waals surface area (Å²) in [6.45, 7) is 7.22. The molecule has 2 nitrogen and oxygen atoms in total. The minimum atomic E-state index is 0.0511. The molecule has 1 heterocycles. The molecule has 0 bridgehead atoms. The zero-order valence-electron chi connectivity index (χ0n) is 11.8. The molecule has 0 spiro atoms. The Morgan fingerprint density at radius 1 is 1.39 bits per heavy atom. The average molecular weight is 247 g/mol. The van der Waals surface area contributed by atoms with Gasteiger partial charge < -0.3 is 10.5 Å². The van der Waals surface area contributed by atoms with E-state index in [9.17, 15) is 0 Å². The third kappa shape index (κ3) is 3.12. The van der Waals surface area contributed by atoms with E-state index in [2.05, 4.69) is 45.0 Å². The van der Waals surface area contributed by atoms with Crippen LogP contribution in [0.3, 0.4) is 0 Å². The number of nitrogens with two attached hydrogens (primary N) is 1. The fourth-order valence-corrected chi connectivity index (χ4v) is 2.96. The van der Waals surface area contributed by atoms with E-state index < -0.39 is 0 Å². The summed E-state index contributed by atoms with van der Waals surface area (Å²) in [5.41, 5.74) is 8.74. The maximum Gasteiger partial charge on any atom is 0.0631 e. The Morgan fingerprint density at radius 2 is 2.11 bits per heavy atom. The molecule has 0 aliphatic carbocycles. The zero-order valence-corrected chi connectivity index (χ0v) is 11.8. The van der Waals surface area contributed by atoms with Gasteiger partial charge in [0.2, 0.25) is 0 Å². The van der Waals surface area contributed by atoms with Gasteiger partial charge in [-0.05, 0) is 63.6 Å². The predicted octanol–water partition coefficient (Wildman–Crippen LogP) is 3.39. The van der Waals surface area contributed by atoms with Crippen LogP contribution in [0.5, 0.6) is 0 Å². The van der Waals surface area contributed by atoms with Crippen molar-refractivity contribution in [3.8, 4) is 0 Å². The Kier molecular flexibility index (Phi) is 4.08. The van der Waals surface area contributed by atoms with Gasteiger partial charge in [0, 0.05) is 0 Å². The molecular formula is C16H25NO. The van der Waals surface area contributed by atoms with Crippen LogP contribution < -0.4 is 5.73 Å². The summed E-state index contributed by atoms with van der Waals surface area (Å²) < 4.78 is 6.09. The average Bonchev–Trinajstić information content (AvgIpc) is 2.67.